The van der Waals surface area contributed by atoms with Gasteiger partial charge in [0.25, 0.3) is 5.62 Å². The van der Waals surface area contributed by atoms with Gasteiger partial charge < -0.3 is 14.8 Å². The van der Waals surface area contributed by atoms with Gasteiger partial charge in [-0.3, -0.25) is 5.10 Å². The SMILES string of the molecule is C[C@H]1CN(c2n[nH]c3c2cnc(=NC2CCC(NS(=O)(=O)CCC(F)(F)F)CC2)n3O)CCO1. The minimum atomic E-state index is -4.52. The first-order valence-corrected chi connectivity index (χ1v) is 12.8. The summed E-state index contributed by atoms with van der Waals surface area (Å²) >= 11 is 0. The number of ether oxygens (including phenoxy) is 1. The highest BCUT2D eigenvalue weighted by Crippen LogP contribution is 2.25. The van der Waals surface area contributed by atoms with Crippen molar-refractivity contribution in [1.29, 1.82) is 0 Å². The molecule has 0 radical (unpaired) electrons. The van der Waals surface area contributed by atoms with Gasteiger partial charge in [-0.15, -0.1) is 4.73 Å². The zero-order chi connectivity index (χ0) is 24.5. The van der Waals surface area contributed by atoms with Gasteiger partial charge in [0, 0.05) is 25.3 Å². The number of alkyl halides is 3. The summed E-state index contributed by atoms with van der Waals surface area (Å²) in [6.07, 6.45) is -2.37. The summed E-state index contributed by atoms with van der Waals surface area (Å²) in [7, 11) is -4.01. The van der Waals surface area contributed by atoms with Crippen molar-refractivity contribution >= 4 is 26.9 Å². The summed E-state index contributed by atoms with van der Waals surface area (Å²) in [5.74, 6) is -0.310. The van der Waals surface area contributed by atoms with Gasteiger partial charge in [-0.05, 0) is 32.6 Å². The van der Waals surface area contributed by atoms with Crippen molar-refractivity contribution in [3.05, 3.63) is 11.8 Å². The third-order valence-electron chi connectivity index (χ3n) is 6.01. The average molecular weight is 508 g/mol. The van der Waals surface area contributed by atoms with Crippen LogP contribution < -0.4 is 15.2 Å². The molecule has 15 heteroatoms. The minimum absolute atomic E-state index is 0.0632. The molecule has 2 aromatic rings. The Bertz CT molecular complexity index is 1170. The van der Waals surface area contributed by atoms with Crippen molar-refractivity contribution in [3.8, 4) is 0 Å². The van der Waals surface area contributed by atoms with E-state index in [2.05, 4.69) is 29.8 Å². The van der Waals surface area contributed by atoms with Crippen LogP contribution in [0.3, 0.4) is 0 Å². The van der Waals surface area contributed by atoms with E-state index < -0.39 is 34.4 Å². The van der Waals surface area contributed by atoms with Crippen LogP contribution in [0.1, 0.15) is 39.0 Å². The molecule has 0 bridgehead atoms. The molecule has 34 heavy (non-hydrogen) atoms. The summed E-state index contributed by atoms with van der Waals surface area (Å²) in [6, 6.07) is -0.644. The molecule has 0 amide bonds. The summed E-state index contributed by atoms with van der Waals surface area (Å²) in [5, 5.41) is 18.4. The first-order chi connectivity index (χ1) is 16.0. The Morgan fingerprint density at radius 2 is 2.06 bits per heavy atom. The summed E-state index contributed by atoms with van der Waals surface area (Å²) in [4.78, 5) is 10.8. The number of anilines is 1. The highest BCUT2D eigenvalue weighted by atomic mass is 32.2. The second-order valence-corrected chi connectivity index (χ2v) is 10.6. The first-order valence-electron chi connectivity index (χ1n) is 11.1. The molecule has 11 nitrogen and oxygen atoms in total. The smallest absolute Gasteiger partial charge is 0.390 e. The number of sulfonamides is 1. The van der Waals surface area contributed by atoms with Gasteiger partial charge in [-0.2, -0.15) is 18.3 Å². The topological polar surface area (TPSA) is 138 Å². The van der Waals surface area contributed by atoms with Crippen molar-refractivity contribution in [3.63, 3.8) is 0 Å². The highest BCUT2D eigenvalue weighted by Gasteiger charge is 2.31. The molecule has 2 aliphatic rings. The maximum atomic E-state index is 12.3. The number of hydrogen-bond donors (Lipinski definition) is 3. The molecule has 0 unspecified atom stereocenters. The third-order valence-corrected chi connectivity index (χ3v) is 7.44. The lowest BCUT2D eigenvalue weighted by Gasteiger charge is -2.31. The van der Waals surface area contributed by atoms with Crippen LogP contribution >= 0.6 is 0 Å². The highest BCUT2D eigenvalue weighted by molar-refractivity contribution is 7.89. The molecule has 1 saturated heterocycles. The van der Waals surface area contributed by atoms with E-state index in [1.54, 1.807) is 6.20 Å². The number of aromatic nitrogens is 4. The van der Waals surface area contributed by atoms with Gasteiger partial charge in [0.15, 0.2) is 11.5 Å². The van der Waals surface area contributed by atoms with Crippen molar-refractivity contribution in [2.45, 2.75) is 63.4 Å². The molecule has 1 atom stereocenters. The van der Waals surface area contributed by atoms with Crippen LogP contribution in [0.5, 0.6) is 0 Å². The number of halogens is 3. The zero-order valence-corrected chi connectivity index (χ0v) is 19.4. The fourth-order valence-corrected chi connectivity index (χ4v) is 5.64. The van der Waals surface area contributed by atoms with E-state index in [1.165, 1.54) is 0 Å². The Morgan fingerprint density at radius 3 is 2.74 bits per heavy atom. The van der Waals surface area contributed by atoms with Crippen LogP contribution in [0.15, 0.2) is 11.2 Å². The molecule has 1 saturated carbocycles. The van der Waals surface area contributed by atoms with E-state index in [0.717, 1.165) is 4.73 Å². The Kier molecular flexibility index (Phi) is 7.05. The molecular weight excluding hydrogens is 479 g/mol. The van der Waals surface area contributed by atoms with E-state index in [0.29, 0.717) is 62.2 Å². The molecule has 1 aliphatic heterocycles. The minimum Gasteiger partial charge on any atom is -0.423 e. The lowest BCUT2D eigenvalue weighted by atomic mass is 9.92. The molecule has 2 aromatic heterocycles. The normalized spacial score (nSPS) is 25.2. The number of hydrogen-bond acceptors (Lipinski definition) is 8. The monoisotopic (exact) mass is 507 g/mol. The molecule has 4 rings (SSSR count). The molecule has 3 N–H and O–H groups in total. The third kappa shape index (κ3) is 5.99. The van der Waals surface area contributed by atoms with Gasteiger partial charge in [0.1, 0.15) is 0 Å². The van der Waals surface area contributed by atoms with Gasteiger partial charge in [-0.1, -0.05) is 0 Å². The summed E-state index contributed by atoms with van der Waals surface area (Å²) in [5.41, 5.74) is 0.446. The van der Waals surface area contributed by atoms with Crippen LogP contribution in [0.4, 0.5) is 19.0 Å². The van der Waals surface area contributed by atoms with Gasteiger partial charge in [-0.25, -0.2) is 23.1 Å². The number of aromatic amines is 1. The van der Waals surface area contributed by atoms with Crippen LogP contribution in [-0.2, 0) is 14.8 Å². The molecule has 0 aromatic carbocycles. The van der Waals surface area contributed by atoms with E-state index in [-0.39, 0.29) is 17.8 Å². The number of nitrogens with one attached hydrogen (secondary N) is 2. The molecule has 0 spiro atoms. The number of H-pyrrole nitrogens is 1. The fourth-order valence-electron chi connectivity index (χ4n) is 4.28. The van der Waals surface area contributed by atoms with Crippen LogP contribution in [0, 0.1) is 0 Å². The average Bonchev–Trinajstić information content (AvgIpc) is 3.20. The molecular formula is C19H28F3N7O4S. The second kappa shape index (κ2) is 9.70. The molecule has 3 heterocycles. The van der Waals surface area contributed by atoms with Crippen molar-refractivity contribution in [2.75, 3.05) is 30.3 Å². The lowest BCUT2D eigenvalue weighted by molar-refractivity contribution is -0.130. The number of rotatable bonds is 6. The van der Waals surface area contributed by atoms with Crippen molar-refractivity contribution in [2.24, 2.45) is 4.99 Å². The van der Waals surface area contributed by atoms with Gasteiger partial charge in [0.05, 0.1) is 36.3 Å². The summed E-state index contributed by atoms with van der Waals surface area (Å²) < 4.78 is 69.6. The maximum absolute atomic E-state index is 12.3. The number of fused-ring (bicyclic) bond motifs is 1. The molecule has 190 valence electrons. The quantitative estimate of drug-likeness (QED) is 0.501. The Balaban J connectivity index is 1.41. The Labute approximate surface area is 194 Å². The second-order valence-electron chi connectivity index (χ2n) is 8.74. The van der Waals surface area contributed by atoms with Crippen LogP contribution in [0.25, 0.3) is 11.0 Å². The van der Waals surface area contributed by atoms with Crippen molar-refractivity contribution in [1.82, 2.24) is 24.6 Å². The first kappa shape index (κ1) is 24.7. The molecule has 1 aliphatic carbocycles. The predicted molar refractivity (Wildman–Crippen MR) is 116 cm³/mol. The van der Waals surface area contributed by atoms with Gasteiger partial charge in [0.2, 0.25) is 10.0 Å². The van der Waals surface area contributed by atoms with E-state index in [1.807, 2.05) is 6.92 Å². The fraction of sp³-hybridized carbons (Fsp3) is 0.737. The van der Waals surface area contributed by atoms with Gasteiger partial charge >= 0.3 is 6.18 Å². The Morgan fingerprint density at radius 1 is 1.32 bits per heavy atom. The van der Waals surface area contributed by atoms with Crippen LogP contribution in [-0.4, -0.2) is 83.3 Å². The number of nitrogens with zero attached hydrogens (tertiary/aromatic N) is 5. The maximum Gasteiger partial charge on any atom is 0.390 e. The number of morpholine rings is 1. The van der Waals surface area contributed by atoms with E-state index >= 15 is 0 Å². The van der Waals surface area contributed by atoms with Crippen molar-refractivity contribution < 1.29 is 31.5 Å². The van der Waals surface area contributed by atoms with Crippen LogP contribution in [0.2, 0.25) is 0 Å². The largest absolute Gasteiger partial charge is 0.423 e. The predicted octanol–water partition coefficient (Wildman–Crippen LogP) is 1.31. The molecule has 2 fully saturated rings. The lowest BCUT2D eigenvalue weighted by Crippen LogP contribution is -2.41. The standard InChI is InChI=1S/C19H28F3N7O4S/c1-12-11-28(7-8-33-12)16-15-10-23-18(29(30)17(15)26-25-16)24-13-2-4-14(5-3-13)27-34(31,32)9-6-19(20,21)22/h10,12-14,27,30H,2-9,11H2,1H3,(H,25,26)/t12-,13?,14?/m0/s1. The zero-order valence-electron chi connectivity index (χ0n) is 18.6. The van der Waals surface area contributed by atoms with E-state index in [4.69, 9.17) is 4.74 Å². The summed E-state index contributed by atoms with van der Waals surface area (Å²) in [6.45, 7) is 3.90. The van der Waals surface area contributed by atoms with E-state index in [9.17, 15) is 26.8 Å². The Hall–Kier alpha value is -2.39.